The maximum atomic E-state index is 13.1. The first kappa shape index (κ1) is 29.3. The minimum atomic E-state index is -1.22. The van der Waals surface area contributed by atoms with Crippen molar-refractivity contribution >= 4 is 28.9 Å². The molecule has 0 bridgehead atoms. The Morgan fingerprint density at radius 3 is 2.79 bits per heavy atom. The standard InChI is InChI=1S/C33H36FN3O5/c1-22-8-7-11-28-27-10-4-5-12-30(27)37(32(22)28)17-6-2-3-9-25-19-26(42-36-25)20-41-21-29(33(39)40)35-31(38)18-23-13-15-24(34)16-14-23/h4-5,7,10-16,19,22,29H,2-3,6,8-9,17-18,20-21H2,1H3,(H,35,38)(H,39,40)/t22?,29-/m0/s1. The van der Waals surface area contributed by atoms with Crippen molar-refractivity contribution in [3.8, 4) is 0 Å². The number of carboxylic acid groups (broad SMARTS) is 1. The van der Waals surface area contributed by atoms with Gasteiger partial charge in [-0.25, -0.2) is 9.18 Å². The minimum absolute atomic E-state index is 0.0447. The number of benzene rings is 2. The van der Waals surface area contributed by atoms with E-state index in [1.165, 1.54) is 46.4 Å². The number of para-hydroxylation sites is 1. The number of aromatic nitrogens is 2. The number of halogens is 1. The largest absolute Gasteiger partial charge is 0.480 e. The number of allylic oxidation sites excluding steroid dienone is 1. The van der Waals surface area contributed by atoms with Crippen LogP contribution >= 0.6 is 0 Å². The zero-order valence-corrected chi connectivity index (χ0v) is 23.7. The molecule has 4 aromatic rings. The number of aliphatic carboxylic acids is 1. The van der Waals surface area contributed by atoms with Gasteiger partial charge in [0, 0.05) is 40.7 Å². The molecule has 0 saturated heterocycles. The molecule has 42 heavy (non-hydrogen) atoms. The van der Waals surface area contributed by atoms with Gasteiger partial charge >= 0.3 is 5.97 Å². The number of rotatable bonds is 14. The van der Waals surface area contributed by atoms with Crippen LogP contribution in [0.4, 0.5) is 4.39 Å². The number of carbonyl (C=O) groups is 2. The summed E-state index contributed by atoms with van der Waals surface area (Å²) in [5.41, 5.74) is 5.52. The van der Waals surface area contributed by atoms with E-state index in [0.717, 1.165) is 44.3 Å². The lowest BCUT2D eigenvalue weighted by molar-refractivity contribution is -0.143. The first-order valence-corrected chi connectivity index (χ1v) is 14.5. The Morgan fingerprint density at radius 2 is 1.98 bits per heavy atom. The van der Waals surface area contributed by atoms with Gasteiger partial charge in [0.2, 0.25) is 5.91 Å². The van der Waals surface area contributed by atoms with Crippen LogP contribution in [0, 0.1) is 5.82 Å². The summed E-state index contributed by atoms with van der Waals surface area (Å²) < 4.78 is 26.4. The van der Waals surface area contributed by atoms with Crippen LogP contribution in [0.15, 0.2) is 65.2 Å². The Balaban J connectivity index is 1.04. The van der Waals surface area contributed by atoms with E-state index in [-0.39, 0.29) is 19.6 Å². The summed E-state index contributed by atoms with van der Waals surface area (Å²) in [5.74, 6) is -1.09. The fourth-order valence-corrected chi connectivity index (χ4v) is 5.58. The Bertz CT molecular complexity index is 1560. The van der Waals surface area contributed by atoms with E-state index in [2.05, 4.69) is 58.4 Å². The topological polar surface area (TPSA) is 107 Å². The quantitative estimate of drug-likeness (QED) is 0.178. The van der Waals surface area contributed by atoms with Crippen LogP contribution < -0.4 is 5.32 Å². The first-order valence-electron chi connectivity index (χ1n) is 14.5. The normalized spacial score (nSPS) is 15.0. The summed E-state index contributed by atoms with van der Waals surface area (Å²) in [6.07, 6.45) is 9.45. The minimum Gasteiger partial charge on any atom is -0.480 e. The van der Waals surface area contributed by atoms with Gasteiger partial charge in [0.25, 0.3) is 0 Å². The van der Waals surface area contributed by atoms with Crippen LogP contribution in [0.1, 0.15) is 66.8 Å². The predicted octanol–water partition coefficient (Wildman–Crippen LogP) is 6.03. The van der Waals surface area contributed by atoms with E-state index in [1.807, 2.05) is 6.07 Å². The number of nitrogens with one attached hydrogen (secondary N) is 1. The molecule has 8 nitrogen and oxygen atoms in total. The van der Waals surface area contributed by atoms with Crippen LogP contribution in [-0.4, -0.2) is 39.4 Å². The van der Waals surface area contributed by atoms with E-state index in [9.17, 15) is 19.1 Å². The maximum Gasteiger partial charge on any atom is 0.328 e. The van der Waals surface area contributed by atoms with Crippen molar-refractivity contribution in [3.63, 3.8) is 0 Å². The number of amides is 1. The summed E-state index contributed by atoms with van der Waals surface area (Å²) in [4.78, 5) is 23.8. The van der Waals surface area contributed by atoms with E-state index in [0.29, 0.717) is 17.2 Å². The van der Waals surface area contributed by atoms with Gasteiger partial charge in [0.1, 0.15) is 12.4 Å². The molecule has 1 aliphatic rings. The molecule has 0 spiro atoms. The zero-order chi connectivity index (χ0) is 29.5. The molecular formula is C33H36FN3O5. The van der Waals surface area contributed by atoms with E-state index in [4.69, 9.17) is 9.26 Å². The van der Waals surface area contributed by atoms with Gasteiger partial charge < -0.3 is 24.3 Å². The van der Waals surface area contributed by atoms with Gasteiger partial charge in [-0.05, 0) is 49.4 Å². The highest BCUT2D eigenvalue weighted by molar-refractivity contribution is 5.92. The van der Waals surface area contributed by atoms with Crippen LogP contribution in [0.5, 0.6) is 0 Å². The van der Waals surface area contributed by atoms with E-state index in [1.54, 1.807) is 0 Å². The van der Waals surface area contributed by atoms with Crippen molar-refractivity contribution in [2.75, 3.05) is 6.61 Å². The van der Waals surface area contributed by atoms with Gasteiger partial charge in [-0.1, -0.05) is 61.0 Å². The first-order chi connectivity index (χ1) is 20.4. The highest BCUT2D eigenvalue weighted by Gasteiger charge is 2.22. The molecule has 2 N–H and O–H groups in total. The average Bonchev–Trinajstić information content (AvgIpc) is 3.56. The summed E-state index contributed by atoms with van der Waals surface area (Å²) in [6.45, 7) is 3.10. The predicted molar refractivity (Wildman–Crippen MR) is 157 cm³/mol. The molecular weight excluding hydrogens is 537 g/mol. The molecule has 0 radical (unpaired) electrons. The molecule has 2 aromatic heterocycles. The molecule has 2 atom stereocenters. The van der Waals surface area contributed by atoms with Gasteiger partial charge in [-0.15, -0.1) is 0 Å². The highest BCUT2D eigenvalue weighted by atomic mass is 19.1. The molecule has 0 saturated carbocycles. The van der Waals surface area contributed by atoms with E-state index >= 15 is 0 Å². The number of nitrogens with zero attached hydrogens (tertiary/aromatic N) is 2. The molecule has 2 aromatic carbocycles. The van der Waals surface area contributed by atoms with Crippen LogP contribution in [0.25, 0.3) is 17.0 Å². The van der Waals surface area contributed by atoms with Crippen LogP contribution in [-0.2, 0) is 40.3 Å². The van der Waals surface area contributed by atoms with Crippen molar-refractivity contribution in [2.24, 2.45) is 0 Å². The lowest BCUT2D eigenvalue weighted by Gasteiger charge is -2.19. The Hall–Kier alpha value is -4.24. The number of ether oxygens (including phenoxy) is 1. The summed E-state index contributed by atoms with van der Waals surface area (Å²) in [5, 5.41) is 17.4. The monoisotopic (exact) mass is 573 g/mol. The molecule has 0 aliphatic heterocycles. The Kier molecular flexibility index (Phi) is 9.48. The maximum absolute atomic E-state index is 13.1. The summed E-state index contributed by atoms with van der Waals surface area (Å²) >= 11 is 0. The van der Waals surface area contributed by atoms with Crippen molar-refractivity contribution in [1.82, 2.24) is 15.0 Å². The SMILES string of the molecule is CC1CC=Cc2c1n(CCCCCc1cc(COC[C@H](NC(=O)Cc3ccc(F)cc3)C(=O)O)on1)c1ccccc21. The van der Waals surface area contributed by atoms with Crippen LogP contribution in [0.2, 0.25) is 0 Å². The molecule has 0 fully saturated rings. The second-order valence-electron chi connectivity index (χ2n) is 10.9. The zero-order valence-electron chi connectivity index (χ0n) is 23.7. The fourth-order valence-electron chi connectivity index (χ4n) is 5.58. The number of fused-ring (bicyclic) bond motifs is 3. The molecule has 1 amide bonds. The molecule has 5 rings (SSSR count). The van der Waals surface area contributed by atoms with Crippen LogP contribution in [0.3, 0.4) is 0 Å². The number of aryl methyl sites for hydroxylation is 2. The third-order valence-electron chi connectivity index (χ3n) is 7.66. The fraction of sp³-hybridized carbons (Fsp3) is 0.364. The molecule has 1 unspecified atom stereocenters. The highest BCUT2D eigenvalue weighted by Crippen LogP contribution is 2.37. The van der Waals surface area contributed by atoms with Gasteiger partial charge in [-0.3, -0.25) is 4.79 Å². The van der Waals surface area contributed by atoms with Gasteiger partial charge in [0.05, 0.1) is 18.7 Å². The number of hydrogen-bond acceptors (Lipinski definition) is 5. The van der Waals surface area contributed by atoms with Crippen molar-refractivity contribution < 1.29 is 28.3 Å². The molecule has 1 aliphatic carbocycles. The van der Waals surface area contributed by atoms with Crippen molar-refractivity contribution in [3.05, 3.63) is 94.8 Å². The number of carboxylic acids is 1. The summed E-state index contributed by atoms with van der Waals surface area (Å²) in [7, 11) is 0. The van der Waals surface area contributed by atoms with Crippen molar-refractivity contribution in [1.29, 1.82) is 0 Å². The van der Waals surface area contributed by atoms with E-state index < -0.39 is 23.7 Å². The Labute approximate surface area is 244 Å². The lowest BCUT2D eigenvalue weighted by Crippen LogP contribution is -2.44. The number of carbonyl (C=O) groups excluding carboxylic acids is 1. The lowest BCUT2D eigenvalue weighted by atomic mass is 9.93. The Morgan fingerprint density at radius 1 is 1.17 bits per heavy atom. The summed E-state index contributed by atoms with van der Waals surface area (Å²) in [6, 6.07) is 14.7. The third kappa shape index (κ3) is 7.15. The average molecular weight is 574 g/mol. The smallest absolute Gasteiger partial charge is 0.328 e. The van der Waals surface area contributed by atoms with Gasteiger partial charge in [-0.2, -0.15) is 0 Å². The van der Waals surface area contributed by atoms with Gasteiger partial charge in [0.15, 0.2) is 11.8 Å². The molecule has 220 valence electrons. The molecule has 2 heterocycles. The molecule has 9 heteroatoms. The number of unbranched alkanes of at least 4 members (excludes halogenated alkanes) is 2. The van der Waals surface area contributed by atoms with Crippen molar-refractivity contribution in [2.45, 2.75) is 70.6 Å². The third-order valence-corrected chi connectivity index (χ3v) is 7.66. The number of hydrogen-bond donors (Lipinski definition) is 2. The second-order valence-corrected chi connectivity index (χ2v) is 10.9. The second kappa shape index (κ2) is 13.6.